The number of carbonyl (C=O) groups excluding carboxylic acids is 3. The molecule has 0 aliphatic rings. The molecule has 0 bridgehead atoms. The Balaban J connectivity index is 2.77. The molecule has 0 aliphatic heterocycles. The van der Waals surface area contributed by atoms with Crippen LogP contribution in [0.3, 0.4) is 0 Å². The van der Waals surface area contributed by atoms with Crippen LogP contribution >= 0.6 is 11.8 Å². The van der Waals surface area contributed by atoms with Gasteiger partial charge in [0.2, 0.25) is 0 Å². The van der Waals surface area contributed by atoms with Crippen molar-refractivity contribution in [1.29, 1.82) is 0 Å². The lowest BCUT2D eigenvalue weighted by atomic mass is 10.0. The predicted octanol–water partition coefficient (Wildman–Crippen LogP) is 2.94. The fourth-order valence-corrected chi connectivity index (χ4v) is 3.67. The third-order valence-corrected chi connectivity index (χ3v) is 5.70. The fraction of sp³-hybridized carbons (Fsp3) is 0.545. The van der Waals surface area contributed by atoms with Gasteiger partial charge in [-0.05, 0) is 40.2 Å². The van der Waals surface area contributed by atoms with E-state index in [-0.39, 0.29) is 12.4 Å². The van der Waals surface area contributed by atoms with E-state index < -0.39 is 46.6 Å². The van der Waals surface area contributed by atoms with Crippen LogP contribution in [-0.4, -0.2) is 64.5 Å². The van der Waals surface area contributed by atoms with Crippen molar-refractivity contribution >= 4 is 35.9 Å². The third-order valence-electron chi connectivity index (χ3n) is 4.22. The molecule has 0 unspecified atom stereocenters. The van der Waals surface area contributed by atoms with E-state index in [1.807, 2.05) is 6.07 Å². The average molecular weight is 485 g/mol. The summed E-state index contributed by atoms with van der Waals surface area (Å²) in [6, 6.07) is 6.51. The molecule has 3 N–H and O–H groups in total. The zero-order valence-corrected chi connectivity index (χ0v) is 20.5. The van der Waals surface area contributed by atoms with Crippen molar-refractivity contribution in [3.05, 3.63) is 35.9 Å². The van der Waals surface area contributed by atoms with E-state index >= 15 is 0 Å². The summed E-state index contributed by atoms with van der Waals surface area (Å²) >= 11 is 1.06. The molecule has 11 heteroatoms. The number of carbonyl (C=O) groups is 4. The van der Waals surface area contributed by atoms with Crippen molar-refractivity contribution in [3.8, 4) is 0 Å². The van der Waals surface area contributed by atoms with Crippen LogP contribution in [0.4, 0.5) is 9.59 Å². The Morgan fingerprint density at radius 2 is 1.61 bits per heavy atom. The topological polar surface area (TPSA) is 140 Å². The lowest BCUT2D eigenvalue weighted by molar-refractivity contribution is -0.143. The molecule has 1 aromatic carbocycles. The van der Waals surface area contributed by atoms with Gasteiger partial charge in [0.05, 0.1) is 7.11 Å². The van der Waals surface area contributed by atoms with Gasteiger partial charge in [-0.25, -0.2) is 19.2 Å². The molecule has 0 spiro atoms. The van der Waals surface area contributed by atoms with Gasteiger partial charge in [0.1, 0.15) is 24.3 Å². The molecular formula is C22H32N2O8S. The minimum atomic E-state index is -1.29. The monoisotopic (exact) mass is 484 g/mol. The number of carboxylic acid groups (broad SMARTS) is 1. The maximum atomic E-state index is 12.3. The summed E-state index contributed by atoms with van der Waals surface area (Å²) in [7, 11) is 1.18. The van der Waals surface area contributed by atoms with Crippen LogP contribution in [0.15, 0.2) is 30.3 Å². The van der Waals surface area contributed by atoms with Crippen LogP contribution in [0.5, 0.6) is 0 Å². The Morgan fingerprint density at radius 1 is 1.00 bits per heavy atom. The van der Waals surface area contributed by atoms with E-state index in [0.717, 1.165) is 17.3 Å². The molecule has 1 rings (SSSR count). The minimum absolute atomic E-state index is 0.0120. The number of methoxy groups -OCH3 is 1. The number of nitrogens with one attached hydrogen (secondary N) is 2. The number of rotatable bonds is 10. The van der Waals surface area contributed by atoms with Crippen LogP contribution in [0.25, 0.3) is 0 Å². The summed E-state index contributed by atoms with van der Waals surface area (Å²) in [6.07, 6.45) is -1.70. The Labute approximate surface area is 197 Å². The molecule has 2 atom stereocenters. The summed E-state index contributed by atoms with van der Waals surface area (Å²) in [6.45, 7) is 8.31. The van der Waals surface area contributed by atoms with Gasteiger partial charge < -0.3 is 30.0 Å². The van der Waals surface area contributed by atoms with Crippen LogP contribution in [0, 0.1) is 0 Å². The second kappa shape index (κ2) is 12.3. The number of aliphatic carboxylic acids is 1. The molecular weight excluding hydrogens is 452 g/mol. The molecule has 0 saturated heterocycles. The summed E-state index contributed by atoms with van der Waals surface area (Å²) in [5.74, 6) is -2.10. The number of esters is 1. The first kappa shape index (κ1) is 28.1. The number of hydrogen-bond acceptors (Lipinski definition) is 8. The van der Waals surface area contributed by atoms with E-state index in [2.05, 4.69) is 10.6 Å². The van der Waals surface area contributed by atoms with E-state index in [1.165, 1.54) is 7.11 Å². The SMILES string of the molecule is COC(=O)[C@@H](NC(=O)OC(C)(C)C)C(C)(C)SC[C@H](NC(=O)OCc1ccccc1)C(=O)O. The number of ether oxygens (including phenoxy) is 3. The van der Waals surface area contributed by atoms with E-state index in [9.17, 15) is 24.3 Å². The van der Waals surface area contributed by atoms with Gasteiger partial charge in [-0.3, -0.25) is 0 Å². The van der Waals surface area contributed by atoms with Crippen molar-refractivity contribution in [3.63, 3.8) is 0 Å². The van der Waals surface area contributed by atoms with E-state index in [0.29, 0.717) is 0 Å². The normalized spacial score (nSPS) is 13.3. The van der Waals surface area contributed by atoms with Crippen molar-refractivity contribution in [2.75, 3.05) is 12.9 Å². The van der Waals surface area contributed by atoms with Crippen LogP contribution in [0.2, 0.25) is 0 Å². The first-order valence-corrected chi connectivity index (χ1v) is 11.1. The summed E-state index contributed by atoms with van der Waals surface area (Å²) in [4.78, 5) is 48.2. The quantitative estimate of drug-likeness (QED) is 0.338. The molecule has 184 valence electrons. The summed E-state index contributed by atoms with van der Waals surface area (Å²) in [5, 5.41) is 14.3. The molecule has 0 heterocycles. The molecule has 2 amide bonds. The first-order valence-electron chi connectivity index (χ1n) is 10.2. The van der Waals surface area contributed by atoms with Gasteiger partial charge in [-0.15, -0.1) is 0 Å². The maximum absolute atomic E-state index is 12.3. The maximum Gasteiger partial charge on any atom is 0.408 e. The molecule has 1 aromatic rings. The van der Waals surface area contributed by atoms with Gasteiger partial charge in [-0.1, -0.05) is 30.3 Å². The molecule has 0 aliphatic carbocycles. The van der Waals surface area contributed by atoms with Crippen LogP contribution < -0.4 is 10.6 Å². The van der Waals surface area contributed by atoms with Gasteiger partial charge in [-0.2, -0.15) is 11.8 Å². The number of carboxylic acids is 1. The van der Waals surface area contributed by atoms with Crippen molar-refractivity contribution in [2.24, 2.45) is 0 Å². The fourth-order valence-electron chi connectivity index (χ4n) is 2.52. The van der Waals surface area contributed by atoms with E-state index in [4.69, 9.17) is 14.2 Å². The number of hydrogen-bond donors (Lipinski definition) is 3. The second-order valence-electron chi connectivity index (χ2n) is 8.61. The Morgan fingerprint density at radius 3 is 2.12 bits per heavy atom. The van der Waals surface area contributed by atoms with Crippen LogP contribution in [0.1, 0.15) is 40.2 Å². The smallest absolute Gasteiger partial charge is 0.408 e. The minimum Gasteiger partial charge on any atom is -0.480 e. The Hall–Kier alpha value is -2.95. The molecule has 0 aromatic heterocycles. The number of benzene rings is 1. The predicted molar refractivity (Wildman–Crippen MR) is 123 cm³/mol. The Kier molecular flexibility index (Phi) is 10.5. The molecule has 0 fully saturated rings. The Bertz CT molecular complexity index is 823. The van der Waals surface area contributed by atoms with Gasteiger partial charge >= 0.3 is 24.1 Å². The summed E-state index contributed by atoms with van der Waals surface area (Å²) < 4.78 is 14.1. The lowest BCUT2D eigenvalue weighted by Crippen LogP contribution is -2.54. The van der Waals surface area contributed by atoms with Gasteiger partial charge in [0, 0.05) is 10.5 Å². The lowest BCUT2D eigenvalue weighted by Gasteiger charge is -2.33. The highest BCUT2D eigenvalue weighted by Gasteiger charge is 2.40. The number of alkyl carbamates (subject to hydrolysis) is 2. The third kappa shape index (κ3) is 10.5. The van der Waals surface area contributed by atoms with Gasteiger partial charge in [0.15, 0.2) is 0 Å². The standard InChI is InChI=1S/C22H32N2O8S/c1-21(2,3)32-20(29)24-16(18(27)30-6)22(4,5)33-13-15(17(25)26)23-19(28)31-12-14-10-8-7-9-11-14/h7-11,15-16H,12-13H2,1-6H3,(H,23,28)(H,24,29)(H,25,26)/t15-,16+/m0/s1. The van der Waals surface area contributed by atoms with Crippen molar-refractivity contribution < 1.29 is 38.5 Å². The number of thioether (sulfide) groups is 1. The first-order chi connectivity index (χ1) is 15.2. The van der Waals surface area contributed by atoms with Crippen molar-refractivity contribution in [1.82, 2.24) is 10.6 Å². The highest BCUT2D eigenvalue weighted by molar-refractivity contribution is 8.00. The number of amides is 2. The highest BCUT2D eigenvalue weighted by atomic mass is 32.2. The van der Waals surface area contributed by atoms with Gasteiger partial charge in [0.25, 0.3) is 0 Å². The highest BCUT2D eigenvalue weighted by Crippen LogP contribution is 2.30. The molecule has 10 nitrogen and oxygen atoms in total. The van der Waals surface area contributed by atoms with E-state index in [1.54, 1.807) is 58.9 Å². The zero-order chi connectivity index (χ0) is 25.2. The van der Waals surface area contributed by atoms with Crippen molar-refractivity contribution in [2.45, 2.75) is 63.7 Å². The summed E-state index contributed by atoms with van der Waals surface area (Å²) in [5.41, 5.74) is -0.0234. The average Bonchev–Trinajstić information content (AvgIpc) is 2.72. The largest absolute Gasteiger partial charge is 0.480 e. The zero-order valence-electron chi connectivity index (χ0n) is 19.7. The second-order valence-corrected chi connectivity index (χ2v) is 10.3. The molecule has 0 saturated carbocycles. The molecule has 33 heavy (non-hydrogen) atoms. The molecule has 0 radical (unpaired) electrons. The van der Waals surface area contributed by atoms with Crippen LogP contribution in [-0.2, 0) is 30.4 Å².